The molecule has 0 bridgehead atoms. The minimum absolute atomic E-state index is 0.211. The monoisotopic (exact) mass is 259 g/mol. The van der Waals surface area contributed by atoms with Gasteiger partial charge in [-0.1, -0.05) is 0 Å². The summed E-state index contributed by atoms with van der Waals surface area (Å²) in [6.07, 6.45) is 2.51. The summed E-state index contributed by atoms with van der Waals surface area (Å²) in [6, 6.07) is 6.78. The molecule has 6 nitrogen and oxygen atoms in total. The van der Waals surface area contributed by atoms with Gasteiger partial charge in [0.05, 0.1) is 17.6 Å². The molecule has 100 valence electrons. The molecule has 0 atom stereocenters. The lowest BCUT2D eigenvalue weighted by molar-refractivity contribution is 0.475. The van der Waals surface area contributed by atoms with E-state index in [1.54, 1.807) is 30.5 Å². The number of anilines is 2. The van der Waals surface area contributed by atoms with E-state index >= 15 is 0 Å². The van der Waals surface area contributed by atoms with Gasteiger partial charge in [-0.05, 0) is 37.2 Å². The molecule has 2 aromatic rings. The van der Waals surface area contributed by atoms with Crippen LogP contribution in [0, 0.1) is 0 Å². The van der Waals surface area contributed by atoms with Crippen LogP contribution in [0.25, 0.3) is 11.3 Å². The Balaban J connectivity index is 2.31. The number of aromatic hydroxyl groups is 1. The Morgan fingerprint density at radius 2 is 1.95 bits per heavy atom. The lowest BCUT2D eigenvalue weighted by atomic mass is 10.1. The van der Waals surface area contributed by atoms with Crippen molar-refractivity contribution in [2.24, 2.45) is 5.73 Å². The summed E-state index contributed by atoms with van der Waals surface area (Å²) in [7, 11) is 0. The molecule has 19 heavy (non-hydrogen) atoms. The van der Waals surface area contributed by atoms with E-state index in [0.29, 0.717) is 12.2 Å². The topological polar surface area (TPSA) is 110 Å². The van der Waals surface area contributed by atoms with Crippen molar-refractivity contribution in [3.05, 3.63) is 30.5 Å². The van der Waals surface area contributed by atoms with E-state index in [1.807, 2.05) is 0 Å². The van der Waals surface area contributed by atoms with Crippen LogP contribution in [0.4, 0.5) is 11.6 Å². The van der Waals surface area contributed by atoms with E-state index in [9.17, 15) is 5.11 Å². The molecule has 1 heterocycles. The number of hydrogen-bond acceptors (Lipinski definition) is 6. The van der Waals surface area contributed by atoms with Crippen LogP contribution in [0.15, 0.2) is 30.5 Å². The Kier molecular flexibility index (Phi) is 4.15. The predicted molar refractivity (Wildman–Crippen MR) is 75.7 cm³/mol. The van der Waals surface area contributed by atoms with Crippen LogP contribution in [0.3, 0.4) is 0 Å². The zero-order valence-electron chi connectivity index (χ0n) is 10.5. The number of hydrogen-bond donors (Lipinski definition) is 4. The molecule has 2 rings (SSSR count). The van der Waals surface area contributed by atoms with Gasteiger partial charge >= 0.3 is 0 Å². The van der Waals surface area contributed by atoms with Crippen LogP contribution < -0.4 is 16.8 Å². The molecule has 0 amide bonds. The van der Waals surface area contributed by atoms with Crippen molar-refractivity contribution in [3.8, 4) is 17.0 Å². The molecular formula is C13H17N5O. The summed E-state index contributed by atoms with van der Waals surface area (Å²) in [5.74, 6) is 0.427. The third-order valence-corrected chi connectivity index (χ3v) is 2.64. The van der Waals surface area contributed by atoms with Crippen LogP contribution in [-0.2, 0) is 0 Å². The van der Waals surface area contributed by atoms with Gasteiger partial charge in [-0.25, -0.2) is 9.97 Å². The van der Waals surface area contributed by atoms with Gasteiger partial charge in [0.15, 0.2) is 0 Å². The molecule has 0 spiro atoms. The molecule has 0 aliphatic heterocycles. The van der Waals surface area contributed by atoms with Crippen LogP contribution in [-0.4, -0.2) is 28.2 Å². The van der Waals surface area contributed by atoms with E-state index in [2.05, 4.69) is 15.3 Å². The van der Waals surface area contributed by atoms with Gasteiger partial charge in [0.1, 0.15) is 5.75 Å². The van der Waals surface area contributed by atoms with Crippen molar-refractivity contribution in [2.45, 2.75) is 6.42 Å². The molecule has 6 N–H and O–H groups in total. The average molecular weight is 259 g/mol. The highest BCUT2D eigenvalue weighted by Gasteiger charge is 2.08. The second-order valence-corrected chi connectivity index (χ2v) is 4.11. The molecule has 0 saturated carbocycles. The van der Waals surface area contributed by atoms with E-state index in [-0.39, 0.29) is 11.7 Å². The third-order valence-electron chi connectivity index (χ3n) is 2.64. The number of phenolic OH excluding ortho intramolecular Hbond substituents is 1. The number of benzene rings is 1. The average Bonchev–Trinajstić information content (AvgIpc) is 2.41. The quantitative estimate of drug-likeness (QED) is 0.600. The summed E-state index contributed by atoms with van der Waals surface area (Å²) in [5.41, 5.74) is 13.5. The van der Waals surface area contributed by atoms with Crippen molar-refractivity contribution in [3.63, 3.8) is 0 Å². The van der Waals surface area contributed by atoms with Gasteiger partial charge in [-0.3, -0.25) is 0 Å². The first-order valence-electron chi connectivity index (χ1n) is 6.06. The highest BCUT2D eigenvalue weighted by Crippen LogP contribution is 2.27. The molecule has 0 saturated heterocycles. The zero-order chi connectivity index (χ0) is 13.7. The number of rotatable bonds is 5. The molecule has 0 aliphatic carbocycles. The highest BCUT2D eigenvalue weighted by molar-refractivity contribution is 5.74. The van der Waals surface area contributed by atoms with Gasteiger partial charge < -0.3 is 21.9 Å². The first kappa shape index (κ1) is 13.1. The fraction of sp³-hybridized carbons (Fsp3) is 0.231. The molecule has 0 aliphatic rings. The van der Waals surface area contributed by atoms with Crippen molar-refractivity contribution in [1.82, 2.24) is 9.97 Å². The smallest absolute Gasteiger partial charge is 0.220 e. The summed E-state index contributed by atoms with van der Waals surface area (Å²) in [5, 5.41) is 12.5. The van der Waals surface area contributed by atoms with E-state index in [4.69, 9.17) is 11.5 Å². The fourth-order valence-corrected chi connectivity index (χ4v) is 1.69. The molecule has 1 aromatic heterocycles. The van der Waals surface area contributed by atoms with Gasteiger partial charge in [0.25, 0.3) is 0 Å². The molecule has 0 radical (unpaired) electrons. The van der Waals surface area contributed by atoms with E-state index < -0.39 is 0 Å². The second-order valence-electron chi connectivity index (χ2n) is 4.11. The number of phenols is 1. The van der Waals surface area contributed by atoms with Crippen LogP contribution in [0.5, 0.6) is 5.75 Å². The predicted octanol–water partition coefficient (Wildman–Crippen LogP) is 1.19. The highest BCUT2D eigenvalue weighted by atomic mass is 16.3. The molecule has 0 unspecified atom stereocenters. The minimum atomic E-state index is 0.211. The summed E-state index contributed by atoms with van der Waals surface area (Å²) in [6.45, 7) is 1.37. The molecule has 6 heteroatoms. The minimum Gasteiger partial charge on any atom is -0.508 e. The van der Waals surface area contributed by atoms with Crippen molar-refractivity contribution in [1.29, 1.82) is 0 Å². The number of nitrogens with zero attached hydrogens (tertiary/aromatic N) is 2. The van der Waals surface area contributed by atoms with Gasteiger partial charge in [-0.15, -0.1) is 0 Å². The molecule has 1 aromatic carbocycles. The Morgan fingerprint density at radius 3 is 2.63 bits per heavy atom. The Labute approximate surface area is 111 Å². The zero-order valence-corrected chi connectivity index (χ0v) is 10.5. The van der Waals surface area contributed by atoms with Crippen molar-refractivity contribution >= 4 is 11.6 Å². The Hall–Kier alpha value is -2.34. The largest absolute Gasteiger partial charge is 0.508 e. The standard InChI is InChI=1S/C13H17N5O/c14-6-1-7-16-11-8-17-13(15)18-12(11)9-2-4-10(19)5-3-9/h2-5,8,16,19H,1,6-7,14H2,(H2,15,17,18). The molecule has 0 fully saturated rings. The van der Waals surface area contributed by atoms with Gasteiger partial charge in [0.2, 0.25) is 5.95 Å². The number of nitrogens with two attached hydrogens (primary N) is 2. The summed E-state index contributed by atoms with van der Waals surface area (Å²) < 4.78 is 0. The lowest BCUT2D eigenvalue weighted by Crippen LogP contribution is -2.10. The Bertz CT molecular complexity index is 541. The van der Waals surface area contributed by atoms with Gasteiger partial charge in [-0.2, -0.15) is 0 Å². The van der Waals surface area contributed by atoms with Crippen molar-refractivity contribution in [2.75, 3.05) is 24.1 Å². The summed E-state index contributed by atoms with van der Waals surface area (Å²) in [4.78, 5) is 8.23. The first-order valence-corrected chi connectivity index (χ1v) is 6.06. The van der Waals surface area contributed by atoms with E-state index in [1.165, 1.54) is 0 Å². The van der Waals surface area contributed by atoms with E-state index in [0.717, 1.165) is 24.2 Å². The van der Waals surface area contributed by atoms with Crippen LogP contribution >= 0.6 is 0 Å². The number of aromatic nitrogens is 2. The van der Waals surface area contributed by atoms with Crippen LogP contribution in [0.2, 0.25) is 0 Å². The van der Waals surface area contributed by atoms with Crippen molar-refractivity contribution < 1.29 is 5.11 Å². The summed E-state index contributed by atoms with van der Waals surface area (Å²) >= 11 is 0. The Morgan fingerprint density at radius 1 is 1.21 bits per heavy atom. The fourth-order valence-electron chi connectivity index (χ4n) is 1.69. The third kappa shape index (κ3) is 3.32. The first-order chi connectivity index (χ1) is 9.20. The second kappa shape index (κ2) is 6.01. The maximum Gasteiger partial charge on any atom is 0.220 e. The molecular weight excluding hydrogens is 242 g/mol. The number of nitrogens with one attached hydrogen (secondary N) is 1. The maximum absolute atomic E-state index is 9.31. The normalized spacial score (nSPS) is 10.4. The SMILES string of the molecule is NCCCNc1cnc(N)nc1-c1ccc(O)cc1. The lowest BCUT2D eigenvalue weighted by Gasteiger charge is -2.11. The van der Waals surface area contributed by atoms with Gasteiger partial charge in [0, 0.05) is 12.1 Å². The maximum atomic E-state index is 9.31. The number of nitrogen functional groups attached to an aromatic ring is 1. The van der Waals surface area contributed by atoms with Crippen LogP contribution in [0.1, 0.15) is 6.42 Å².